The van der Waals surface area contributed by atoms with E-state index >= 15 is 0 Å². The number of nitrogens with zero attached hydrogens (tertiary/aromatic N) is 2. The first-order valence-electron chi connectivity index (χ1n) is 7.77. The number of aryl methyl sites for hydroxylation is 1. The number of pyridine rings is 2. The number of aromatic nitrogens is 2. The van der Waals surface area contributed by atoms with Crippen LogP contribution in [0.5, 0.6) is 5.88 Å². The lowest BCUT2D eigenvalue weighted by Crippen LogP contribution is -2.15. The predicted molar refractivity (Wildman–Crippen MR) is 92.4 cm³/mol. The van der Waals surface area contributed by atoms with Crippen molar-refractivity contribution in [1.29, 1.82) is 0 Å². The molecule has 0 aliphatic heterocycles. The van der Waals surface area contributed by atoms with Gasteiger partial charge in [0.2, 0.25) is 5.88 Å². The second-order valence-electron chi connectivity index (χ2n) is 6.07. The number of para-hydroxylation sites is 1. The molecule has 2 aromatic heterocycles. The maximum absolute atomic E-state index is 12.4. The van der Waals surface area contributed by atoms with Gasteiger partial charge >= 0.3 is 0 Å². The van der Waals surface area contributed by atoms with E-state index in [0.717, 1.165) is 16.9 Å². The summed E-state index contributed by atoms with van der Waals surface area (Å²) in [6.45, 7) is 6.64. The summed E-state index contributed by atoms with van der Waals surface area (Å²) in [5.41, 5.74) is 2.57. The maximum Gasteiger partial charge on any atom is 0.202 e. The predicted octanol–water partition coefficient (Wildman–Crippen LogP) is 3.73. The molecule has 3 aromatic rings. The topological polar surface area (TPSA) is 44.1 Å². The SMILES string of the molecule is Cc1cc2c(cn1)c(=O)cc(OCC(C)C)n2-c1ccccc1. The third-order valence-corrected chi connectivity index (χ3v) is 3.58. The van der Waals surface area contributed by atoms with Gasteiger partial charge in [-0.05, 0) is 31.0 Å². The summed E-state index contributed by atoms with van der Waals surface area (Å²) in [5.74, 6) is 0.942. The van der Waals surface area contributed by atoms with Gasteiger partial charge in [0, 0.05) is 23.6 Å². The number of hydrogen-bond acceptors (Lipinski definition) is 3. The third kappa shape index (κ3) is 3.11. The van der Waals surface area contributed by atoms with Gasteiger partial charge < -0.3 is 4.74 Å². The van der Waals surface area contributed by atoms with Crippen molar-refractivity contribution in [2.75, 3.05) is 6.61 Å². The lowest BCUT2D eigenvalue weighted by molar-refractivity contribution is 0.256. The normalized spacial score (nSPS) is 11.1. The second kappa shape index (κ2) is 6.24. The molecule has 0 amide bonds. The Morgan fingerprint density at radius 2 is 1.91 bits per heavy atom. The minimum absolute atomic E-state index is 0.0709. The highest BCUT2D eigenvalue weighted by Gasteiger charge is 2.13. The van der Waals surface area contributed by atoms with Gasteiger partial charge in [-0.1, -0.05) is 32.0 Å². The van der Waals surface area contributed by atoms with Crippen LogP contribution in [0.2, 0.25) is 0 Å². The van der Waals surface area contributed by atoms with Crippen molar-refractivity contribution in [3.05, 3.63) is 64.6 Å². The molecule has 0 N–H and O–H groups in total. The van der Waals surface area contributed by atoms with Crippen LogP contribution in [0.3, 0.4) is 0 Å². The Kier molecular flexibility index (Phi) is 4.15. The molecule has 3 rings (SSSR count). The largest absolute Gasteiger partial charge is 0.478 e. The van der Waals surface area contributed by atoms with Crippen molar-refractivity contribution in [3.8, 4) is 11.6 Å². The Morgan fingerprint density at radius 1 is 1.17 bits per heavy atom. The first kappa shape index (κ1) is 15.3. The van der Waals surface area contributed by atoms with Crippen LogP contribution in [-0.2, 0) is 0 Å². The highest BCUT2D eigenvalue weighted by Crippen LogP contribution is 2.24. The van der Waals surface area contributed by atoms with Crippen LogP contribution in [0.25, 0.3) is 16.6 Å². The number of hydrogen-bond donors (Lipinski definition) is 0. The molecule has 0 radical (unpaired) electrons. The van der Waals surface area contributed by atoms with Crippen LogP contribution in [0.4, 0.5) is 0 Å². The molecule has 0 saturated heterocycles. The fourth-order valence-corrected chi connectivity index (χ4v) is 2.50. The van der Waals surface area contributed by atoms with E-state index in [-0.39, 0.29) is 5.43 Å². The van der Waals surface area contributed by atoms with Gasteiger partial charge in [0.25, 0.3) is 0 Å². The van der Waals surface area contributed by atoms with Crippen LogP contribution in [-0.4, -0.2) is 16.2 Å². The molecule has 0 aliphatic carbocycles. The molecular formula is C19H20N2O2. The number of benzene rings is 1. The van der Waals surface area contributed by atoms with Crippen molar-refractivity contribution in [3.63, 3.8) is 0 Å². The fourth-order valence-electron chi connectivity index (χ4n) is 2.50. The molecule has 0 unspecified atom stereocenters. The van der Waals surface area contributed by atoms with Gasteiger partial charge in [0.05, 0.1) is 17.5 Å². The average molecular weight is 308 g/mol. The van der Waals surface area contributed by atoms with E-state index in [2.05, 4.69) is 18.8 Å². The Bertz CT molecular complexity index is 883. The summed E-state index contributed by atoms with van der Waals surface area (Å²) in [4.78, 5) is 16.7. The van der Waals surface area contributed by atoms with E-state index in [1.54, 1.807) is 12.3 Å². The average Bonchev–Trinajstić information content (AvgIpc) is 2.53. The molecule has 0 spiro atoms. The second-order valence-corrected chi connectivity index (χ2v) is 6.07. The quantitative estimate of drug-likeness (QED) is 0.737. The molecular weight excluding hydrogens is 288 g/mol. The highest BCUT2D eigenvalue weighted by molar-refractivity contribution is 5.81. The van der Waals surface area contributed by atoms with Gasteiger partial charge in [-0.2, -0.15) is 0 Å². The third-order valence-electron chi connectivity index (χ3n) is 3.58. The zero-order valence-corrected chi connectivity index (χ0v) is 13.6. The molecule has 0 bridgehead atoms. The Hall–Kier alpha value is -2.62. The molecule has 1 aromatic carbocycles. The molecule has 4 heteroatoms. The summed E-state index contributed by atoms with van der Waals surface area (Å²) in [6, 6.07) is 13.4. The van der Waals surface area contributed by atoms with Gasteiger partial charge in [-0.3, -0.25) is 14.3 Å². The van der Waals surface area contributed by atoms with Gasteiger partial charge in [0.15, 0.2) is 5.43 Å². The molecule has 0 fully saturated rings. The molecule has 0 aliphatic rings. The lowest BCUT2D eigenvalue weighted by atomic mass is 10.2. The number of ether oxygens (including phenoxy) is 1. The lowest BCUT2D eigenvalue weighted by Gasteiger charge is -2.18. The van der Waals surface area contributed by atoms with E-state index in [1.807, 2.05) is 47.9 Å². The van der Waals surface area contributed by atoms with Crippen molar-refractivity contribution in [2.45, 2.75) is 20.8 Å². The van der Waals surface area contributed by atoms with Crippen LogP contribution < -0.4 is 10.2 Å². The van der Waals surface area contributed by atoms with E-state index in [1.165, 1.54) is 0 Å². The maximum atomic E-state index is 12.4. The molecule has 2 heterocycles. The Labute approximate surface area is 135 Å². The monoisotopic (exact) mass is 308 g/mol. The smallest absolute Gasteiger partial charge is 0.202 e. The fraction of sp³-hybridized carbons (Fsp3) is 0.263. The zero-order valence-electron chi connectivity index (χ0n) is 13.6. The van der Waals surface area contributed by atoms with Crippen LogP contribution in [0.1, 0.15) is 19.5 Å². The summed E-state index contributed by atoms with van der Waals surface area (Å²) in [6.07, 6.45) is 1.64. The van der Waals surface area contributed by atoms with Gasteiger partial charge in [-0.25, -0.2) is 0 Å². The Balaban J connectivity index is 2.31. The highest BCUT2D eigenvalue weighted by atomic mass is 16.5. The van der Waals surface area contributed by atoms with Crippen LogP contribution in [0, 0.1) is 12.8 Å². The van der Waals surface area contributed by atoms with Crippen molar-refractivity contribution >= 4 is 10.9 Å². The molecule has 0 saturated carbocycles. The van der Waals surface area contributed by atoms with Gasteiger partial charge in [-0.15, -0.1) is 0 Å². The minimum Gasteiger partial charge on any atom is -0.478 e. The van der Waals surface area contributed by atoms with E-state index in [4.69, 9.17) is 4.74 Å². The standard InChI is InChI=1S/C19H20N2O2/c1-13(2)12-23-19-10-18(22)16-11-20-14(3)9-17(16)21(19)15-7-5-4-6-8-15/h4-11,13H,12H2,1-3H3. The molecule has 118 valence electrons. The summed E-state index contributed by atoms with van der Waals surface area (Å²) >= 11 is 0. The van der Waals surface area contributed by atoms with E-state index < -0.39 is 0 Å². The summed E-state index contributed by atoms with van der Waals surface area (Å²) in [7, 11) is 0. The minimum atomic E-state index is -0.0709. The van der Waals surface area contributed by atoms with E-state index in [0.29, 0.717) is 23.8 Å². The zero-order chi connectivity index (χ0) is 16.4. The number of rotatable bonds is 4. The molecule has 0 atom stereocenters. The summed E-state index contributed by atoms with van der Waals surface area (Å²) < 4.78 is 7.90. The number of fused-ring (bicyclic) bond motifs is 1. The van der Waals surface area contributed by atoms with Crippen molar-refractivity contribution in [2.24, 2.45) is 5.92 Å². The molecule has 23 heavy (non-hydrogen) atoms. The first-order chi connectivity index (χ1) is 11.1. The van der Waals surface area contributed by atoms with Gasteiger partial charge in [0.1, 0.15) is 0 Å². The first-order valence-corrected chi connectivity index (χ1v) is 7.77. The van der Waals surface area contributed by atoms with Crippen LogP contribution in [0.15, 0.2) is 53.5 Å². The van der Waals surface area contributed by atoms with Crippen molar-refractivity contribution in [1.82, 2.24) is 9.55 Å². The van der Waals surface area contributed by atoms with Crippen molar-refractivity contribution < 1.29 is 4.74 Å². The van der Waals surface area contributed by atoms with E-state index in [9.17, 15) is 4.79 Å². The Morgan fingerprint density at radius 3 is 2.61 bits per heavy atom. The van der Waals surface area contributed by atoms with Crippen LogP contribution >= 0.6 is 0 Å². The summed E-state index contributed by atoms with van der Waals surface area (Å²) in [5, 5.41) is 0.594. The molecule has 4 nitrogen and oxygen atoms in total.